The van der Waals surface area contributed by atoms with E-state index in [4.69, 9.17) is 0 Å². The van der Waals surface area contributed by atoms with Gasteiger partial charge < -0.3 is 10.2 Å². The summed E-state index contributed by atoms with van der Waals surface area (Å²) < 4.78 is 0. The molecule has 0 amide bonds. The maximum absolute atomic E-state index is 14.2. The minimum atomic E-state index is -0.776. The van der Waals surface area contributed by atoms with Crippen molar-refractivity contribution in [3.63, 3.8) is 0 Å². The Morgan fingerprint density at radius 1 is 1.03 bits per heavy atom. The second-order valence-corrected chi connectivity index (χ2v) is 14.1. The number of Topliss-reactive ketones (excluding diaryl/α,β-unsaturated/α-hetero) is 2. The van der Waals surface area contributed by atoms with Gasteiger partial charge in [0.05, 0.1) is 18.3 Å². The maximum Gasteiger partial charge on any atom is 0.176 e. The first-order valence-corrected chi connectivity index (χ1v) is 14.8. The molecule has 0 aromatic heterocycles. The molecule has 5 aliphatic rings. The molecule has 0 aliphatic heterocycles. The van der Waals surface area contributed by atoms with Crippen LogP contribution in [-0.2, 0) is 9.59 Å². The van der Waals surface area contributed by atoms with Crippen molar-refractivity contribution in [1.29, 1.82) is 5.26 Å². The Kier molecular flexibility index (Phi) is 7.39. The predicted molar refractivity (Wildman–Crippen MR) is 144 cm³/mol. The normalized spacial score (nSPS) is 47.0. The van der Waals surface area contributed by atoms with E-state index in [0.29, 0.717) is 12.2 Å². The molecule has 5 rings (SSSR count). The van der Waals surface area contributed by atoms with Crippen LogP contribution in [0.2, 0.25) is 0 Å². The number of ketones is 2. The first-order chi connectivity index (χ1) is 17.3. The van der Waals surface area contributed by atoms with E-state index in [1.807, 2.05) is 26.8 Å². The third-order valence-corrected chi connectivity index (χ3v) is 12.2. The fourth-order valence-corrected chi connectivity index (χ4v) is 10.3. The van der Waals surface area contributed by atoms with Crippen LogP contribution in [0.4, 0.5) is 0 Å². The van der Waals surface area contributed by atoms with Gasteiger partial charge in [-0.05, 0) is 84.9 Å². The van der Waals surface area contributed by atoms with Crippen molar-refractivity contribution in [1.82, 2.24) is 0 Å². The second-order valence-electron chi connectivity index (χ2n) is 14.1. The Balaban J connectivity index is 0.00000156. The van der Waals surface area contributed by atoms with E-state index in [0.717, 1.165) is 44.9 Å². The number of hydrogen-bond donors (Lipinski definition) is 2. The van der Waals surface area contributed by atoms with Crippen molar-refractivity contribution >= 4 is 11.6 Å². The van der Waals surface area contributed by atoms with Crippen molar-refractivity contribution in [2.24, 2.45) is 57.2 Å². The number of rotatable bonds is 2. The fraction of sp³-hybridized carbons (Fsp3) is 0.844. The lowest BCUT2D eigenvalue weighted by atomic mass is 9.36. The van der Waals surface area contributed by atoms with Crippen molar-refractivity contribution in [2.75, 3.05) is 6.61 Å². The summed E-state index contributed by atoms with van der Waals surface area (Å²) >= 11 is 0. The molecule has 0 radical (unpaired) electrons. The van der Waals surface area contributed by atoms with Crippen LogP contribution in [0.1, 0.15) is 99.8 Å². The van der Waals surface area contributed by atoms with E-state index in [1.54, 1.807) is 0 Å². The van der Waals surface area contributed by atoms with E-state index in [1.165, 1.54) is 0 Å². The van der Waals surface area contributed by atoms with E-state index in [-0.39, 0.29) is 75.1 Å². The zero-order chi connectivity index (χ0) is 27.6. The summed E-state index contributed by atoms with van der Waals surface area (Å²) in [6, 6.07) is 2.16. The molecule has 0 heterocycles. The van der Waals surface area contributed by atoms with E-state index in [2.05, 4.69) is 33.8 Å². The summed E-state index contributed by atoms with van der Waals surface area (Å²) in [4.78, 5) is 27.0. The van der Waals surface area contributed by atoms with Gasteiger partial charge in [0.2, 0.25) is 0 Å². The Morgan fingerprint density at radius 3 is 2.30 bits per heavy atom. The average Bonchev–Trinajstić information content (AvgIpc) is 2.87. The third-order valence-electron chi connectivity index (χ3n) is 12.2. The van der Waals surface area contributed by atoms with Crippen molar-refractivity contribution in [2.45, 2.75) is 106 Å². The van der Waals surface area contributed by atoms with Gasteiger partial charge in [-0.3, -0.25) is 9.59 Å². The van der Waals surface area contributed by atoms with Gasteiger partial charge in [-0.15, -0.1) is 0 Å². The van der Waals surface area contributed by atoms with Crippen molar-refractivity contribution < 1.29 is 19.8 Å². The van der Waals surface area contributed by atoms with Gasteiger partial charge in [0.1, 0.15) is 11.9 Å². The summed E-state index contributed by atoms with van der Waals surface area (Å²) in [5.74, 6) is 0.644. The fourth-order valence-electron chi connectivity index (χ4n) is 10.3. The number of carbonyl (C=O) groups is 2. The van der Waals surface area contributed by atoms with Crippen LogP contribution in [-0.4, -0.2) is 34.5 Å². The molecule has 5 aliphatic carbocycles. The van der Waals surface area contributed by atoms with Gasteiger partial charge in [-0.2, -0.15) is 5.26 Å². The molecule has 37 heavy (non-hydrogen) atoms. The molecule has 206 valence electrons. The van der Waals surface area contributed by atoms with E-state index < -0.39 is 6.10 Å². The molecule has 4 saturated carbocycles. The van der Waals surface area contributed by atoms with Crippen LogP contribution < -0.4 is 0 Å². The predicted octanol–water partition coefficient (Wildman–Crippen LogP) is 5.89. The van der Waals surface area contributed by atoms with Gasteiger partial charge in [-0.25, -0.2) is 0 Å². The van der Waals surface area contributed by atoms with Crippen molar-refractivity contribution in [3.05, 3.63) is 11.6 Å². The van der Waals surface area contributed by atoms with Crippen LogP contribution in [0.25, 0.3) is 0 Å². The monoisotopic (exact) mass is 511 g/mol. The Hall–Kier alpha value is -1.51. The molecule has 10 unspecified atom stereocenters. The SMILES string of the molecule is CC.CC1C(=O)C(C#N)=CC2(C)C1CCC1(C)C3CCC4(C(O)CO)CCC(C)(C)CC4C3C(=O)CC21. The molecule has 5 nitrogen and oxygen atoms in total. The topological polar surface area (TPSA) is 98.4 Å². The molecule has 0 bridgehead atoms. The van der Waals surface area contributed by atoms with Crippen LogP contribution in [0.3, 0.4) is 0 Å². The zero-order valence-corrected chi connectivity index (χ0v) is 24.1. The van der Waals surface area contributed by atoms with Gasteiger partial charge in [0, 0.05) is 23.7 Å². The molecule has 0 saturated heterocycles. The number of nitrogens with zero attached hydrogens (tertiary/aromatic N) is 1. The van der Waals surface area contributed by atoms with Crippen LogP contribution >= 0.6 is 0 Å². The molecule has 5 heteroatoms. The Bertz CT molecular complexity index is 1010. The quantitative estimate of drug-likeness (QED) is 0.482. The second kappa shape index (κ2) is 9.60. The molecule has 0 spiro atoms. The maximum atomic E-state index is 14.2. The molecule has 2 N–H and O–H groups in total. The van der Waals surface area contributed by atoms with Crippen LogP contribution in [0.15, 0.2) is 11.6 Å². The highest BCUT2D eigenvalue weighted by Crippen LogP contribution is 2.71. The molecule has 4 fully saturated rings. The molecule has 10 atom stereocenters. The van der Waals surface area contributed by atoms with E-state index in [9.17, 15) is 25.1 Å². The summed E-state index contributed by atoms with van der Waals surface area (Å²) in [6.45, 7) is 14.9. The number of aliphatic hydroxyl groups excluding tert-OH is 2. The number of fused-ring (bicyclic) bond motifs is 7. The number of carbonyl (C=O) groups excluding carboxylic acids is 2. The lowest BCUT2D eigenvalue weighted by Gasteiger charge is -2.67. The minimum absolute atomic E-state index is 0.0385. The molecular formula is C32H49NO4. The highest BCUT2D eigenvalue weighted by atomic mass is 16.3. The minimum Gasteiger partial charge on any atom is -0.394 e. The smallest absolute Gasteiger partial charge is 0.176 e. The Labute approximate surface area is 224 Å². The van der Waals surface area contributed by atoms with Gasteiger partial charge in [0.25, 0.3) is 0 Å². The molecular weight excluding hydrogens is 462 g/mol. The zero-order valence-electron chi connectivity index (χ0n) is 24.1. The first kappa shape index (κ1) is 28.5. The summed E-state index contributed by atoms with van der Waals surface area (Å²) in [5.41, 5.74) is -0.352. The summed E-state index contributed by atoms with van der Waals surface area (Å²) in [7, 11) is 0. The van der Waals surface area contributed by atoms with Crippen molar-refractivity contribution in [3.8, 4) is 6.07 Å². The Morgan fingerprint density at radius 2 is 1.68 bits per heavy atom. The highest BCUT2D eigenvalue weighted by Gasteiger charge is 2.67. The van der Waals surface area contributed by atoms with Gasteiger partial charge in [-0.1, -0.05) is 54.5 Å². The van der Waals surface area contributed by atoms with Crippen LogP contribution in [0, 0.1) is 68.5 Å². The molecule has 0 aromatic carbocycles. The van der Waals surface area contributed by atoms with E-state index >= 15 is 0 Å². The van der Waals surface area contributed by atoms with Gasteiger partial charge >= 0.3 is 0 Å². The lowest BCUT2D eigenvalue weighted by molar-refractivity contribution is -0.202. The largest absolute Gasteiger partial charge is 0.394 e. The number of allylic oxidation sites excluding steroid dienone is 2. The lowest BCUT2D eigenvalue weighted by Crippen LogP contribution is -2.65. The number of hydrogen-bond acceptors (Lipinski definition) is 5. The summed E-state index contributed by atoms with van der Waals surface area (Å²) in [6.07, 6.45) is 8.18. The molecule has 0 aromatic rings. The van der Waals surface area contributed by atoms with Gasteiger partial charge in [0.15, 0.2) is 5.78 Å². The third kappa shape index (κ3) is 3.99. The van der Waals surface area contributed by atoms with Crippen LogP contribution in [0.5, 0.6) is 0 Å². The highest BCUT2D eigenvalue weighted by molar-refractivity contribution is 6.01. The first-order valence-electron chi connectivity index (χ1n) is 14.8. The average molecular weight is 512 g/mol. The number of nitriles is 1. The summed E-state index contributed by atoms with van der Waals surface area (Å²) in [5, 5.41) is 30.8. The number of aliphatic hydroxyl groups is 2. The standard InChI is InChI=1S/C30H43NO4.C2H6/c1-17-19-6-8-28(4)20-7-9-30(24(34)16-32)11-10-27(2,3)14-21(30)25(20)22(33)12-23(28)29(19,5)13-18(15-31)26(17)35;1-2/h13,17,19-21,23-25,32,34H,6-12,14,16H2,1-5H3;1-2H3.